The highest BCUT2D eigenvalue weighted by Gasteiger charge is 2.27. The van der Waals surface area contributed by atoms with Crippen molar-refractivity contribution in [3.8, 4) is 45.5 Å². The lowest BCUT2D eigenvalue weighted by Gasteiger charge is -2.14. The van der Waals surface area contributed by atoms with E-state index >= 15 is 0 Å². The van der Waals surface area contributed by atoms with E-state index in [4.69, 9.17) is 15.0 Å². The predicted octanol–water partition coefficient (Wildman–Crippen LogP) is 13.4. The van der Waals surface area contributed by atoms with E-state index in [1.807, 2.05) is 60.7 Å². The second-order valence-corrected chi connectivity index (χ2v) is 15.2. The first-order chi connectivity index (χ1) is 28.8. The summed E-state index contributed by atoms with van der Waals surface area (Å²) < 4.78 is 4.97. The molecule has 3 aromatic heterocycles. The molecule has 0 bridgehead atoms. The third-order valence-electron chi connectivity index (χ3n) is 12.0. The number of benzene rings is 10. The SMILES string of the molecule is c1ccc(-c2nc(-c3ccccc3)nc(-c3ccc(-n4c5ccc6ccc7cccc8c9cc%10c%11ccccc%11n(-c%11ccccc%11)c%10c4c9c5c6c78)cc3)n2)cc1. The van der Waals surface area contributed by atoms with Gasteiger partial charge in [0.1, 0.15) is 0 Å². The fraction of sp³-hybridized carbons (Fsp3) is 0. The van der Waals surface area contributed by atoms with Crippen LogP contribution in [0.3, 0.4) is 0 Å². The molecule has 13 aromatic rings. The van der Waals surface area contributed by atoms with Gasteiger partial charge in [0.2, 0.25) is 0 Å². The Kier molecular flexibility index (Phi) is 6.38. The Balaban J connectivity index is 1.13. The highest BCUT2D eigenvalue weighted by Crippen LogP contribution is 2.50. The summed E-state index contributed by atoms with van der Waals surface area (Å²) in [7, 11) is 0. The monoisotopic (exact) mass is 737 g/mol. The van der Waals surface area contributed by atoms with E-state index in [0.717, 1.165) is 28.1 Å². The van der Waals surface area contributed by atoms with Crippen LogP contribution >= 0.6 is 0 Å². The van der Waals surface area contributed by atoms with E-state index in [2.05, 4.69) is 137 Å². The molecule has 0 saturated carbocycles. The van der Waals surface area contributed by atoms with Gasteiger partial charge in [-0.15, -0.1) is 0 Å². The maximum Gasteiger partial charge on any atom is 0.164 e. The van der Waals surface area contributed by atoms with Crippen molar-refractivity contribution in [3.63, 3.8) is 0 Å². The van der Waals surface area contributed by atoms with Crippen LogP contribution in [0.5, 0.6) is 0 Å². The van der Waals surface area contributed by atoms with Gasteiger partial charge >= 0.3 is 0 Å². The quantitative estimate of drug-likeness (QED) is 0.131. The summed E-state index contributed by atoms with van der Waals surface area (Å²) in [4.78, 5) is 15.0. The minimum atomic E-state index is 0.636. The Labute approximate surface area is 332 Å². The molecule has 5 heteroatoms. The molecule has 0 aliphatic carbocycles. The summed E-state index contributed by atoms with van der Waals surface area (Å²) in [6, 6.07) is 67.1. The van der Waals surface area contributed by atoms with Gasteiger partial charge in [0.05, 0.1) is 22.1 Å². The molecule has 0 fully saturated rings. The number of fused-ring (bicyclic) bond motifs is 5. The molecular weight excluding hydrogens is 707 g/mol. The minimum absolute atomic E-state index is 0.636. The zero-order chi connectivity index (χ0) is 37.9. The van der Waals surface area contributed by atoms with Crippen molar-refractivity contribution >= 4 is 75.9 Å². The number of nitrogens with zero attached hydrogens (tertiary/aromatic N) is 5. The molecule has 3 heterocycles. The fourth-order valence-electron chi connectivity index (χ4n) is 9.57. The van der Waals surface area contributed by atoms with Crippen molar-refractivity contribution in [2.24, 2.45) is 0 Å². The van der Waals surface area contributed by atoms with Gasteiger partial charge in [-0.2, -0.15) is 0 Å². The third-order valence-corrected chi connectivity index (χ3v) is 12.0. The van der Waals surface area contributed by atoms with Crippen molar-refractivity contribution in [1.29, 1.82) is 0 Å². The first-order valence-electron chi connectivity index (χ1n) is 19.7. The molecule has 58 heavy (non-hydrogen) atoms. The van der Waals surface area contributed by atoms with Gasteiger partial charge in [0.15, 0.2) is 17.5 Å². The molecule has 0 amide bonds. The van der Waals surface area contributed by atoms with Crippen LogP contribution in [0.1, 0.15) is 0 Å². The van der Waals surface area contributed by atoms with Crippen LogP contribution in [0.15, 0.2) is 188 Å². The molecule has 0 aliphatic rings. The lowest BCUT2D eigenvalue weighted by molar-refractivity contribution is 1.07. The summed E-state index contributed by atoms with van der Waals surface area (Å²) in [5.41, 5.74) is 9.81. The molecule has 0 saturated heterocycles. The molecule has 10 aromatic carbocycles. The lowest BCUT2D eigenvalue weighted by atomic mass is 9.89. The van der Waals surface area contributed by atoms with Crippen LogP contribution < -0.4 is 0 Å². The van der Waals surface area contributed by atoms with Gasteiger partial charge in [-0.05, 0) is 81.5 Å². The molecule has 13 rings (SSSR count). The lowest BCUT2D eigenvalue weighted by Crippen LogP contribution is -2.01. The summed E-state index contributed by atoms with van der Waals surface area (Å²) in [6.45, 7) is 0. The zero-order valence-corrected chi connectivity index (χ0v) is 31.1. The van der Waals surface area contributed by atoms with Crippen LogP contribution in [-0.2, 0) is 0 Å². The molecular formula is C53H31N5. The molecule has 0 aliphatic heterocycles. The van der Waals surface area contributed by atoms with E-state index in [1.54, 1.807) is 0 Å². The Morgan fingerprint density at radius 1 is 0.293 bits per heavy atom. The van der Waals surface area contributed by atoms with Crippen LogP contribution in [0, 0.1) is 0 Å². The number of aromatic nitrogens is 5. The predicted molar refractivity (Wildman–Crippen MR) is 240 cm³/mol. The average Bonchev–Trinajstić information content (AvgIpc) is 3.83. The summed E-state index contributed by atoms with van der Waals surface area (Å²) in [5.74, 6) is 1.93. The molecule has 5 nitrogen and oxygen atoms in total. The second kappa shape index (κ2) is 11.8. The van der Waals surface area contributed by atoms with Gasteiger partial charge < -0.3 is 9.13 Å². The third kappa shape index (κ3) is 4.33. The molecule has 268 valence electrons. The minimum Gasteiger partial charge on any atom is -0.307 e. The van der Waals surface area contributed by atoms with E-state index in [9.17, 15) is 0 Å². The summed E-state index contributed by atoms with van der Waals surface area (Å²) in [5, 5.41) is 12.8. The van der Waals surface area contributed by atoms with E-state index in [-0.39, 0.29) is 0 Å². The zero-order valence-electron chi connectivity index (χ0n) is 31.1. The van der Waals surface area contributed by atoms with Crippen LogP contribution in [-0.4, -0.2) is 24.1 Å². The van der Waals surface area contributed by atoms with Crippen LogP contribution in [0.25, 0.3) is 121 Å². The molecule has 0 radical (unpaired) electrons. The topological polar surface area (TPSA) is 48.5 Å². The fourth-order valence-corrected chi connectivity index (χ4v) is 9.57. The van der Waals surface area contributed by atoms with Crippen molar-refractivity contribution in [1.82, 2.24) is 24.1 Å². The standard InChI is InChI=1S/C53H31N5/c1-4-13-34(14-5-1)51-54-52(35-15-6-2-7-16-35)56-53(55-51)36-25-28-38(29-26-36)58-44-30-27-33-24-23-32-17-12-21-40-41-31-42-39-20-10-11-22-43(39)57(37-18-8-3-9-19-37)49(42)50(58)47(41)48(44)46(33)45(32)40/h1-31H. The number of hydrogen-bond donors (Lipinski definition) is 0. The number of para-hydroxylation sites is 2. The second-order valence-electron chi connectivity index (χ2n) is 15.2. The van der Waals surface area contributed by atoms with Gasteiger partial charge in [0.25, 0.3) is 0 Å². The van der Waals surface area contributed by atoms with Crippen molar-refractivity contribution < 1.29 is 0 Å². The Morgan fingerprint density at radius 3 is 1.52 bits per heavy atom. The van der Waals surface area contributed by atoms with Gasteiger partial charge in [-0.3, -0.25) is 0 Å². The maximum atomic E-state index is 5.04. The Morgan fingerprint density at radius 2 is 0.828 bits per heavy atom. The molecule has 0 unspecified atom stereocenters. The molecule has 0 atom stereocenters. The van der Waals surface area contributed by atoms with Crippen molar-refractivity contribution in [2.45, 2.75) is 0 Å². The summed E-state index contributed by atoms with van der Waals surface area (Å²) >= 11 is 0. The van der Waals surface area contributed by atoms with Crippen molar-refractivity contribution in [3.05, 3.63) is 188 Å². The van der Waals surface area contributed by atoms with Crippen LogP contribution in [0.4, 0.5) is 0 Å². The highest BCUT2D eigenvalue weighted by molar-refractivity contribution is 6.43. The Hall–Kier alpha value is -7.89. The molecule has 0 spiro atoms. The first kappa shape index (κ1) is 31.3. The highest BCUT2D eigenvalue weighted by atomic mass is 15.1. The maximum absolute atomic E-state index is 5.04. The van der Waals surface area contributed by atoms with Gasteiger partial charge in [-0.25, -0.2) is 15.0 Å². The van der Waals surface area contributed by atoms with Gasteiger partial charge in [-0.1, -0.05) is 133 Å². The van der Waals surface area contributed by atoms with E-state index < -0.39 is 0 Å². The number of rotatable bonds is 5. The smallest absolute Gasteiger partial charge is 0.164 e. The molecule has 0 N–H and O–H groups in total. The van der Waals surface area contributed by atoms with Crippen molar-refractivity contribution in [2.75, 3.05) is 0 Å². The van der Waals surface area contributed by atoms with Crippen LogP contribution in [0.2, 0.25) is 0 Å². The summed E-state index contributed by atoms with van der Waals surface area (Å²) in [6.07, 6.45) is 0. The first-order valence-corrected chi connectivity index (χ1v) is 19.7. The average molecular weight is 738 g/mol. The van der Waals surface area contributed by atoms with E-state index in [0.29, 0.717) is 17.5 Å². The largest absolute Gasteiger partial charge is 0.307 e. The normalized spacial score (nSPS) is 12.1. The van der Waals surface area contributed by atoms with E-state index in [1.165, 1.54) is 75.9 Å². The van der Waals surface area contributed by atoms with Gasteiger partial charge in [0, 0.05) is 55.0 Å². The Bertz CT molecular complexity index is 3640. The number of hydrogen-bond acceptors (Lipinski definition) is 3.